The number of aryl methyl sites for hydroxylation is 1. The summed E-state index contributed by atoms with van der Waals surface area (Å²) in [5, 5.41) is 0. The van der Waals surface area contributed by atoms with Crippen LogP contribution < -0.4 is 10.5 Å². The van der Waals surface area contributed by atoms with Gasteiger partial charge in [0.15, 0.2) is 0 Å². The predicted molar refractivity (Wildman–Crippen MR) is 62.3 cm³/mol. The van der Waals surface area contributed by atoms with Crippen LogP contribution in [0.5, 0.6) is 5.75 Å². The molecule has 0 radical (unpaired) electrons. The van der Waals surface area contributed by atoms with E-state index in [0.29, 0.717) is 11.3 Å². The van der Waals surface area contributed by atoms with Crippen LogP contribution in [0.2, 0.25) is 0 Å². The maximum absolute atomic E-state index is 13.4. The Bertz CT molecular complexity index is 411. The van der Waals surface area contributed by atoms with Crippen molar-refractivity contribution in [3.63, 3.8) is 0 Å². The van der Waals surface area contributed by atoms with Gasteiger partial charge in [0.05, 0.1) is 7.11 Å². The van der Waals surface area contributed by atoms with E-state index in [1.165, 1.54) is 6.07 Å². The van der Waals surface area contributed by atoms with Gasteiger partial charge >= 0.3 is 0 Å². The Kier molecular flexibility index (Phi) is 2.66. The minimum absolute atomic E-state index is 0.00377. The van der Waals surface area contributed by atoms with E-state index in [-0.39, 0.29) is 17.3 Å². The first-order valence-corrected chi connectivity index (χ1v) is 5.61. The second-order valence-corrected chi connectivity index (χ2v) is 4.75. The van der Waals surface area contributed by atoms with Crippen LogP contribution in [0.3, 0.4) is 0 Å². The molecule has 0 aliphatic heterocycles. The van der Waals surface area contributed by atoms with E-state index >= 15 is 0 Å². The van der Waals surface area contributed by atoms with Crippen molar-refractivity contribution in [3.8, 4) is 5.75 Å². The third-order valence-corrected chi connectivity index (χ3v) is 3.68. The Hall–Kier alpha value is -1.09. The topological polar surface area (TPSA) is 35.2 Å². The van der Waals surface area contributed by atoms with Crippen molar-refractivity contribution < 1.29 is 9.13 Å². The van der Waals surface area contributed by atoms with E-state index in [1.54, 1.807) is 14.0 Å². The minimum atomic E-state index is -0.221. The monoisotopic (exact) mass is 223 g/mol. The summed E-state index contributed by atoms with van der Waals surface area (Å²) < 4.78 is 18.7. The summed E-state index contributed by atoms with van der Waals surface area (Å²) in [6.45, 7) is 3.78. The fraction of sp³-hybridized carbons (Fsp3) is 0.538. The smallest absolute Gasteiger partial charge is 0.129 e. The normalized spacial score (nSPS) is 19.3. The van der Waals surface area contributed by atoms with E-state index in [9.17, 15) is 4.39 Å². The first-order chi connectivity index (χ1) is 7.51. The molecule has 3 heteroatoms. The molecule has 0 saturated heterocycles. The van der Waals surface area contributed by atoms with Crippen LogP contribution in [-0.2, 0) is 5.41 Å². The number of benzene rings is 1. The van der Waals surface area contributed by atoms with Gasteiger partial charge in [0.1, 0.15) is 11.6 Å². The van der Waals surface area contributed by atoms with Crippen molar-refractivity contribution in [2.45, 2.75) is 38.1 Å². The van der Waals surface area contributed by atoms with Gasteiger partial charge in [-0.15, -0.1) is 0 Å². The Balaban J connectivity index is 2.52. The van der Waals surface area contributed by atoms with Crippen LogP contribution >= 0.6 is 0 Å². The lowest BCUT2D eigenvalue weighted by Gasteiger charge is -2.23. The van der Waals surface area contributed by atoms with E-state index < -0.39 is 0 Å². The molecule has 2 rings (SSSR count). The van der Waals surface area contributed by atoms with E-state index in [2.05, 4.69) is 0 Å². The van der Waals surface area contributed by atoms with Crippen molar-refractivity contribution in [2.75, 3.05) is 7.11 Å². The summed E-state index contributed by atoms with van der Waals surface area (Å²) in [6.07, 6.45) is 2.12. The molecule has 1 saturated carbocycles. The molecule has 0 heterocycles. The largest absolute Gasteiger partial charge is 0.496 e. The summed E-state index contributed by atoms with van der Waals surface area (Å²) in [5.41, 5.74) is 7.75. The maximum Gasteiger partial charge on any atom is 0.129 e. The molecule has 1 aliphatic carbocycles. The first-order valence-electron chi connectivity index (χ1n) is 5.61. The van der Waals surface area contributed by atoms with Crippen LogP contribution in [0.1, 0.15) is 30.9 Å². The van der Waals surface area contributed by atoms with Gasteiger partial charge in [-0.05, 0) is 38.3 Å². The van der Waals surface area contributed by atoms with Gasteiger partial charge in [0, 0.05) is 23.1 Å². The van der Waals surface area contributed by atoms with Crippen molar-refractivity contribution in [1.29, 1.82) is 0 Å². The van der Waals surface area contributed by atoms with Crippen LogP contribution in [0.25, 0.3) is 0 Å². The minimum Gasteiger partial charge on any atom is -0.496 e. The number of methoxy groups -OCH3 is 1. The molecular weight excluding hydrogens is 205 g/mol. The SMILES string of the molecule is COc1cc(F)c(C)cc1C1(C(C)N)CC1. The second kappa shape index (κ2) is 3.74. The average molecular weight is 223 g/mol. The summed E-state index contributed by atoms with van der Waals surface area (Å²) in [6, 6.07) is 3.42. The molecule has 1 unspecified atom stereocenters. The first kappa shape index (κ1) is 11.4. The van der Waals surface area contributed by atoms with Gasteiger partial charge in [0.2, 0.25) is 0 Å². The Morgan fingerprint density at radius 1 is 1.44 bits per heavy atom. The predicted octanol–water partition coefficient (Wildman–Crippen LogP) is 2.52. The third-order valence-electron chi connectivity index (χ3n) is 3.68. The van der Waals surface area contributed by atoms with Gasteiger partial charge < -0.3 is 10.5 Å². The van der Waals surface area contributed by atoms with Gasteiger partial charge in [-0.3, -0.25) is 0 Å². The van der Waals surface area contributed by atoms with E-state index in [4.69, 9.17) is 10.5 Å². The van der Waals surface area contributed by atoms with Gasteiger partial charge in [-0.1, -0.05) is 0 Å². The third kappa shape index (κ3) is 1.59. The Morgan fingerprint density at radius 2 is 2.06 bits per heavy atom. The summed E-state index contributed by atoms with van der Waals surface area (Å²) in [4.78, 5) is 0. The van der Waals surface area contributed by atoms with E-state index in [1.807, 2.05) is 13.0 Å². The van der Waals surface area contributed by atoms with E-state index in [0.717, 1.165) is 18.4 Å². The lowest BCUT2D eigenvalue weighted by molar-refractivity contribution is 0.394. The quantitative estimate of drug-likeness (QED) is 0.854. The van der Waals surface area contributed by atoms with Crippen LogP contribution in [-0.4, -0.2) is 13.2 Å². The molecule has 0 aromatic heterocycles. The molecule has 88 valence electrons. The maximum atomic E-state index is 13.4. The molecule has 2 N–H and O–H groups in total. The summed E-state index contributed by atoms with van der Waals surface area (Å²) in [7, 11) is 1.57. The molecule has 1 aromatic rings. The standard InChI is InChI=1S/C13H18FNO/c1-8-6-10(12(16-3)7-11(8)14)13(4-5-13)9(2)15/h6-7,9H,4-5,15H2,1-3H3. The molecule has 1 aliphatic rings. The molecular formula is C13H18FNO. The molecule has 0 amide bonds. The lowest BCUT2D eigenvalue weighted by Crippen LogP contribution is -2.32. The van der Waals surface area contributed by atoms with Crippen molar-refractivity contribution >= 4 is 0 Å². The number of hydrogen-bond donors (Lipinski definition) is 1. The number of nitrogens with two attached hydrogens (primary N) is 1. The zero-order valence-electron chi connectivity index (χ0n) is 10.0. The van der Waals surface area contributed by atoms with Gasteiger partial charge in [0.25, 0.3) is 0 Å². The van der Waals surface area contributed by atoms with Crippen molar-refractivity contribution in [2.24, 2.45) is 5.73 Å². The highest BCUT2D eigenvalue weighted by atomic mass is 19.1. The molecule has 0 bridgehead atoms. The molecule has 1 atom stereocenters. The average Bonchev–Trinajstić information content (AvgIpc) is 3.02. The summed E-state index contributed by atoms with van der Waals surface area (Å²) in [5.74, 6) is 0.402. The fourth-order valence-corrected chi connectivity index (χ4v) is 2.33. The molecule has 1 aromatic carbocycles. The number of hydrogen-bond acceptors (Lipinski definition) is 2. The highest BCUT2D eigenvalue weighted by molar-refractivity contribution is 5.47. The van der Waals surface area contributed by atoms with Crippen molar-refractivity contribution in [1.82, 2.24) is 0 Å². The highest BCUT2D eigenvalue weighted by Gasteiger charge is 2.49. The lowest BCUT2D eigenvalue weighted by atomic mass is 9.87. The Morgan fingerprint density at radius 3 is 2.50 bits per heavy atom. The fourth-order valence-electron chi connectivity index (χ4n) is 2.33. The molecule has 2 nitrogen and oxygen atoms in total. The zero-order valence-corrected chi connectivity index (χ0v) is 10.0. The molecule has 1 fully saturated rings. The number of ether oxygens (including phenoxy) is 1. The van der Waals surface area contributed by atoms with Crippen LogP contribution in [0.4, 0.5) is 4.39 Å². The van der Waals surface area contributed by atoms with Gasteiger partial charge in [-0.25, -0.2) is 4.39 Å². The highest BCUT2D eigenvalue weighted by Crippen LogP contribution is 2.53. The van der Waals surface area contributed by atoms with Crippen molar-refractivity contribution in [3.05, 3.63) is 29.1 Å². The second-order valence-electron chi connectivity index (χ2n) is 4.75. The van der Waals surface area contributed by atoms with Gasteiger partial charge in [-0.2, -0.15) is 0 Å². The summed E-state index contributed by atoms with van der Waals surface area (Å²) >= 11 is 0. The molecule has 0 spiro atoms. The zero-order chi connectivity index (χ0) is 11.9. The molecule has 16 heavy (non-hydrogen) atoms. The Labute approximate surface area is 95.6 Å². The number of rotatable bonds is 3. The van der Waals surface area contributed by atoms with Crippen LogP contribution in [0.15, 0.2) is 12.1 Å². The van der Waals surface area contributed by atoms with Crippen LogP contribution in [0, 0.1) is 12.7 Å². The number of halogens is 1.